The summed E-state index contributed by atoms with van der Waals surface area (Å²) in [4.78, 5) is 24.9. The second-order valence-electron chi connectivity index (χ2n) is 9.40. The molecule has 0 fully saturated rings. The highest BCUT2D eigenvalue weighted by Crippen LogP contribution is 2.37. The van der Waals surface area contributed by atoms with Gasteiger partial charge in [-0.05, 0) is 58.9 Å². The van der Waals surface area contributed by atoms with Gasteiger partial charge in [-0.2, -0.15) is 0 Å². The molecule has 0 atom stereocenters. The number of nitrogens with one attached hydrogen (secondary N) is 2. The van der Waals surface area contributed by atoms with Crippen molar-refractivity contribution in [3.63, 3.8) is 0 Å². The zero-order valence-electron chi connectivity index (χ0n) is 20.6. The number of aromatic nitrogens is 3. The number of nitrogens with zero attached hydrogens (tertiary/aromatic N) is 3. The number of anilines is 2. The molecular weight excluding hydrogens is 498 g/mol. The molecule has 0 saturated carbocycles. The molecule has 0 radical (unpaired) electrons. The predicted octanol–water partition coefficient (Wildman–Crippen LogP) is 4.97. The summed E-state index contributed by atoms with van der Waals surface area (Å²) in [6, 6.07) is 8.77. The molecule has 0 spiro atoms. The van der Waals surface area contributed by atoms with Gasteiger partial charge in [0.2, 0.25) is 5.91 Å². The molecular formula is C25H27N5O4S2. The molecule has 4 aromatic rings. The maximum atomic E-state index is 13.5. The monoisotopic (exact) mass is 525 g/mol. The van der Waals surface area contributed by atoms with Crippen LogP contribution in [0.15, 0.2) is 59.4 Å². The summed E-state index contributed by atoms with van der Waals surface area (Å²) >= 11 is 1.55. The van der Waals surface area contributed by atoms with Crippen LogP contribution in [0.3, 0.4) is 0 Å². The van der Waals surface area contributed by atoms with Gasteiger partial charge in [-0.1, -0.05) is 0 Å². The standard InChI is InChI=1S/C25H27N5O4S2/c1-15(2)29-23(31)8-9-34-20-12-18-17(11-22(20)36(32,33)25(3,4)5)24(27-13-26-18)30-16-6-7-21-19(10-16)28-14-35-21/h6-15H,1-5H3,(H,29,31)(H,26,27,30). The molecule has 0 aliphatic carbocycles. The third kappa shape index (κ3) is 5.31. The van der Waals surface area contributed by atoms with Crippen LogP contribution in [0.5, 0.6) is 5.75 Å². The molecule has 1 amide bonds. The van der Waals surface area contributed by atoms with Crippen molar-refractivity contribution in [2.45, 2.75) is 50.3 Å². The first-order valence-electron chi connectivity index (χ1n) is 11.2. The van der Waals surface area contributed by atoms with Gasteiger partial charge in [0.05, 0.1) is 32.3 Å². The van der Waals surface area contributed by atoms with Gasteiger partial charge in [-0.25, -0.2) is 23.4 Å². The van der Waals surface area contributed by atoms with E-state index in [0.29, 0.717) is 16.7 Å². The number of ether oxygens (including phenoxy) is 1. The Labute approximate surface area is 213 Å². The van der Waals surface area contributed by atoms with Crippen LogP contribution in [0, 0.1) is 0 Å². The van der Waals surface area contributed by atoms with Gasteiger partial charge in [0, 0.05) is 29.3 Å². The van der Waals surface area contributed by atoms with Crippen LogP contribution in [0.1, 0.15) is 34.6 Å². The number of thiazole rings is 1. The summed E-state index contributed by atoms with van der Waals surface area (Å²) in [5, 5.41) is 6.47. The van der Waals surface area contributed by atoms with Gasteiger partial charge in [0.1, 0.15) is 22.8 Å². The molecule has 9 nitrogen and oxygen atoms in total. The van der Waals surface area contributed by atoms with E-state index >= 15 is 0 Å². The lowest BCUT2D eigenvalue weighted by atomic mass is 10.2. The summed E-state index contributed by atoms with van der Waals surface area (Å²) in [5.74, 6) is 0.162. The Hall–Kier alpha value is -3.57. The van der Waals surface area contributed by atoms with Crippen molar-refractivity contribution in [1.82, 2.24) is 20.3 Å². The molecule has 0 saturated heterocycles. The van der Waals surface area contributed by atoms with Crippen LogP contribution >= 0.6 is 11.3 Å². The fourth-order valence-corrected chi connectivity index (χ4v) is 5.33. The van der Waals surface area contributed by atoms with E-state index in [-0.39, 0.29) is 22.6 Å². The van der Waals surface area contributed by atoms with Crippen molar-refractivity contribution in [3.8, 4) is 5.75 Å². The van der Waals surface area contributed by atoms with Crippen molar-refractivity contribution in [2.24, 2.45) is 0 Å². The normalized spacial score (nSPS) is 12.5. The van der Waals surface area contributed by atoms with E-state index in [1.54, 1.807) is 37.6 Å². The van der Waals surface area contributed by atoms with Crippen molar-refractivity contribution < 1.29 is 17.9 Å². The van der Waals surface area contributed by atoms with Crippen molar-refractivity contribution >= 4 is 59.7 Å². The highest BCUT2D eigenvalue weighted by atomic mass is 32.2. The van der Waals surface area contributed by atoms with Crippen molar-refractivity contribution in [3.05, 3.63) is 54.5 Å². The maximum Gasteiger partial charge on any atom is 0.247 e. The lowest BCUT2D eigenvalue weighted by Crippen LogP contribution is -2.28. The Kier molecular flexibility index (Phi) is 6.96. The van der Waals surface area contributed by atoms with Gasteiger partial charge >= 0.3 is 0 Å². The summed E-state index contributed by atoms with van der Waals surface area (Å²) in [5.41, 5.74) is 3.86. The Morgan fingerprint density at radius 2 is 1.86 bits per heavy atom. The summed E-state index contributed by atoms with van der Waals surface area (Å²) < 4.78 is 32.6. The molecule has 11 heteroatoms. The second kappa shape index (κ2) is 9.82. The molecule has 0 unspecified atom stereocenters. The fraction of sp³-hybridized carbons (Fsp3) is 0.280. The predicted molar refractivity (Wildman–Crippen MR) is 142 cm³/mol. The molecule has 4 rings (SSSR count). The zero-order chi connectivity index (χ0) is 26.1. The van der Waals surface area contributed by atoms with Crippen LogP contribution in [0.4, 0.5) is 11.5 Å². The number of carbonyl (C=O) groups is 1. The molecule has 2 aromatic carbocycles. The first-order valence-corrected chi connectivity index (χ1v) is 13.6. The highest BCUT2D eigenvalue weighted by molar-refractivity contribution is 7.92. The average Bonchev–Trinajstić information content (AvgIpc) is 3.25. The lowest BCUT2D eigenvalue weighted by molar-refractivity contribution is -0.117. The van der Waals surface area contributed by atoms with Crippen molar-refractivity contribution in [2.75, 3.05) is 5.32 Å². The van der Waals surface area contributed by atoms with Crippen LogP contribution in [0.25, 0.3) is 21.1 Å². The summed E-state index contributed by atoms with van der Waals surface area (Å²) in [7, 11) is -3.83. The highest BCUT2D eigenvalue weighted by Gasteiger charge is 2.34. The van der Waals surface area contributed by atoms with E-state index < -0.39 is 14.6 Å². The van der Waals surface area contributed by atoms with Crippen LogP contribution in [-0.4, -0.2) is 40.1 Å². The number of hydrogen-bond donors (Lipinski definition) is 2. The maximum absolute atomic E-state index is 13.5. The first kappa shape index (κ1) is 25.5. The van der Waals surface area contributed by atoms with E-state index in [9.17, 15) is 13.2 Å². The fourth-order valence-electron chi connectivity index (χ4n) is 3.37. The number of amides is 1. The summed E-state index contributed by atoms with van der Waals surface area (Å²) in [6.07, 6.45) is 3.77. The largest absolute Gasteiger partial charge is 0.463 e. The molecule has 2 N–H and O–H groups in total. The first-order chi connectivity index (χ1) is 17.0. The second-order valence-corrected chi connectivity index (χ2v) is 13.0. The Bertz CT molecular complexity index is 1570. The molecule has 36 heavy (non-hydrogen) atoms. The third-order valence-corrected chi connectivity index (χ3v) is 8.56. The molecule has 0 aliphatic heterocycles. The molecule has 0 aliphatic rings. The van der Waals surface area contributed by atoms with Crippen molar-refractivity contribution in [1.29, 1.82) is 0 Å². The van der Waals surface area contributed by atoms with Gasteiger partial charge in [-0.3, -0.25) is 4.79 Å². The van der Waals surface area contributed by atoms with E-state index in [0.717, 1.165) is 15.9 Å². The molecule has 0 bridgehead atoms. The van der Waals surface area contributed by atoms with Gasteiger partial charge in [0.15, 0.2) is 9.84 Å². The number of hydrogen-bond acceptors (Lipinski definition) is 9. The van der Waals surface area contributed by atoms with E-state index in [4.69, 9.17) is 4.74 Å². The quantitative estimate of drug-likeness (QED) is 0.256. The smallest absolute Gasteiger partial charge is 0.247 e. The SMILES string of the molecule is CC(C)NC(=O)C=COc1cc2ncnc(Nc3ccc4scnc4c3)c2cc1S(=O)(=O)C(C)(C)C. The minimum Gasteiger partial charge on any atom is -0.463 e. The Morgan fingerprint density at radius 3 is 2.58 bits per heavy atom. The number of fused-ring (bicyclic) bond motifs is 2. The third-order valence-electron chi connectivity index (χ3n) is 5.24. The number of sulfone groups is 1. The number of carbonyl (C=O) groups excluding carboxylic acids is 1. The van der Waals surface area contributed by atoms with E-state index in [2.05, 4.69) is 25.6 Å². The Balaban J connectivity index is 1.79. The Morgan fingerprint density at radius 1 is 1.08 bits per heavy atom. The zero-order valence-corrected chi connectivity index (χ0v) is 22.2. The molecule has 188 valence electrons. The summed E-state index contributed by atoms with van der Waals surface area (Å²) in [6.45, 7) is 8.53. The van der Waals surface area contributed by atoms with Gasteiger partial charge < -0.3 is 15.4 Å². The topological polar surface area (TPSA) is 123 Å². The van der Waals surface area contributed by atoms with Crippen LogP contribution in [0.2, 0.25) is 0 Å². The molecule has 2 heterocycles. The minimum atomic E-state index is -3.83. The number of benzene rings is 2. The molecule has 2 aromatic heterocycles. The van der Waals surface area contributed by atoms with Crippen LogP contribution in [-0.2, 0) is 14.6 Å². The van der Waals surface area contributed by atoms with Crippen LogP contribution < -0.4 is 15.4 Å². The van der Waals surface area contributed by atoms with Gasteiger partial charge in [-0.15, -0.1) is 11.3 Å². The lowest BCUT2D eigenvalue weighted by Gasteiger charge is -2.21. The van der Waals surface area contributed by atoms with E-state index in [1.165, 1.54) is 30.8 Å². The average molecular weight is 526 g/mol. The minimum absolute atomic E-state index is 0.0239. The van der Waals surface area contributed by atoms with E-state index in [1.807, 2.05) is 32.0 Å². The number of rotatable bonds is 7. The van der Waals surface area contributed by atoms with Gasteiger partial charge in [0.25, 0.3) is 0 Å².